The summed E-state index contributed by atoms with van der Waals surface area (Å²) in [4.78, 5) is 22.3. The molecule has 5 nitrogen and oxygen atoms in total. The lowest BCUT2D eigenvalue weighted by Gasteiger charge is -2.01. The third-order valence-corrected chi connectivity index (χ3v) is 2.21. The second-order valence-electron chi connectivity index (χ2n) is 3.20. The number of H-pyrrole nitrogens is 1. The van der Waals surface area contributed by atoms with Gasteiger partial charge in [0.15, 0.2) is 0 Å². The molecule has 2 rings (SSSR count). The molecule has 0 unspecified atom stereocenters. The van der Waals surface area contributed by atoms with Gasteiger partial charge in [-0.1, -0.05) is 12.1 Å². The maximum Gasteiger partial charge on any atom is 0.360 e. The largest absolute Gasteiger partial charge is 0.476 e. The number of nitrogens with zero attached hydrogens (tertiary/aromatic N) is 1. The van der Waals surface area contributed by atoms with Crippen LogP contribution in [0.2, 0.25) is 0 Å². The van der Waals surface area contributed by atoms with Gasteiger partial charge < -0.3 is 5.11 Å². The minimum Gasteiger partial charge on any atom is -0.476 e. The van der Waals surface area contributed by atoms with Crippen LogP contribution in [0.3, 0.4) is 0 Å². The Kier molecular flexibility index (Phi) is 2.00. The van der Waals surface area contributed by atoms with Gasteiger partial charge in [0.2, 0.25) is 11.1 Å². The van der Waals surface area contributed by atoms with E-state index in [0.29, 0.717) is 10.9 Å². The Balaban J connectivity index is 2.92. The number of nitrogens with one attached hydrogen (secondary N) is 1. The van der Waals surface area contributed by atoms with Gasteiger partial charge >= 0.3 is 5.97 Å². The molecule has 2 aromatic rings. The number of hydrogen-bond acceptors (Lipinski definition) is 3. The summed E-state index contributed by atoms with van der Waals surface area (Å²) >= 11 is 0. The molecule has 0 fully saturated rings. The molecule has 1 aromatic heterocycles. The molecule has 0 radical (unpaired) electrons. The highest BCUT2D eigenvalue weighted by molar-refractivity contribution is 5.90. The molecule has 0 aliphatic carbocycles. The molecule has 0 aliphatic rings. The van der Waals surface area contributed by atoms with Crippen molar-refractivity contribution in [2.45, 2.75) is 6.92 Å². The lowest BCUT2D eigenvalue weighted by molar-refractivity contribution is 0.0688. The zero-order valence-corrected chi connectivity index (χ0v) is 7.94. The Morgan fingerprint density at radius 2 is 2.20 bits per heavy atom. The van der Waals surface area contributed by atoms with Crippen LogP contribution in [-0.2, 0) is 0 Å². The average Bonchev–Trinajstić information content (AvgIpc) is 2.19. The number of hydrogen-bond donors (Lipinski definition) is 2. The standard InChI is InChI=1S/C10H8N2O3/c1-5-3-2-4-6-7(5)11-12-8(9(6)13)10(14)15/h2-4H,1H3,(H,11,13)(H,14,15). The van der Waals surface area contributed by atoms with Gasteiger partial charge in [-0.2, -0.15) is 5.10 Å². The summed E-state index contributed by atoms with van der Waals surface area (Å²) in [6.45, 7) is 1.82. The molecule has 2 N–H and O–H groups in total. The van der Waals surface area contributed by atoms with Crippen LogP contribution in [0.15, 0.2) is 23.0 Å². The normalized spacial score (nSPS) is 10.5. The second kappa shape index (κ2) is 3.20. The van der Waals surface area contributed by atoms with Crippen molar-refractivity contribution in [2.24, 2.45) is 0 Å². The maximum absolute atomic E-state index is 11.7. The van der Waals surface area contributed by atoms with Crippen molar-refractivity contribution in [1.82, 2.24) is 10.2 Å². The summed E-state index contributed by atoms with van der Waals surface area (Å²) in [5.41, 5.74) is 0.398. The van der Waals surface area contributed by atoms with Crippen molar-refractivity contribution in [2.75, 3.05) is 0 Å². The zero-order chi connectivity index (χ0) is 11.0. The van der Waals surface area contributed by atoms with Gasteiger partial charge in [-0.25, -0.2) is 4.79 Å². The summed E-state index contributed by atoms with van der Waals surface area (Å²) < 4.78 is 0. The molecule has 0 saturated heterocycles. The number of aromatic amines is 1. The summed E-state index contributed by atoms with van der Waals surface area (Å²) in [5, 5.41) is 15.2. The number of carboxylic acid groups (broad SMARTS) is 1. The minimum atomic E-state index is -1.32. The molecule has 0 spiro atoms. The van der Waals surface area contributed by atoms with Gasteiger partial charge in [0, 0.05) is 5.39 Å². The number of aromatic carboxylic acids is 1. The molecular weight excluding hydrogens is 196 g/mol. The van der Waals surface area contributed by atoms with Gasteiger partial charge in [-0.05, 0) is 18.6 Å². The molecule has 0 saturated carbocycles. The second-order valence-corrected chi connectivity index (χ2v) is 3.20. The van der Waals surface area contributed by atoms with E-state index in [2.05, 4.69) is 10.2 Å². The number of benzene rings is 1. The highest BCUT2D eigenvalue weighted by Gasteiger charge is 2.13. The van der Waals surface area contributed by atoms with Gasteiger partial charge in [-0.15, -0.1) is 0 Å². The Morgan fingerprint density at radius 1 is 1.47 bits per heavy atom. The molecule has 76 valence electrons. The number of para-hydroxylation sites is 1. The van der Waals surface area contributed by atoms with Crippen molar-refractivity contribution in [3.8, 4) is 0 Å². The van der Waals surface area contributed by atoms with Crippen molar-refractivity contribution in [1.29, 1.82) is 0 Å². The number of rotatable bonds is 1. The van der Waals surface area contributed by atoms with Gasteiger partial charge in [0.25, 0.3) is 0 Å². The predicted octanol–water partition coefficient (Wildman–Crippen LogP) is 0.930. The monoisotopic (exact) mass is 204 g/mol. The van der Waals surface area contributed by atoms with Crippen molar-refractivity contribution in [3.63, 3.8) is 0 Å². The van der Waals surface area contributed by atoms with Crippen LogP contribution in [0.25, 0.3) is 10.9 Å². The van der Waals surface area contributed by atoms with E-state index in [0.717, 1.165) is 5.56 Å². The Bertz CT molecular complexity index is 601. The van der Waals surface area contributed by atoms with Crippen LogP contribution < -0.4 is 5.43 Å². The van der Waals surface area contributed by atoms with Crippen LogP contribution in [0, 0.1) is 6.92 Å². The van der Waals surface area contributed by atoms with E-state index in [-0.39, 0.29) is 0 Å². The van der Waals surface area contributed by atoms with Crippen LogP contribution in [0.1, 0.15) is 16.1 Å². The zero-order valence-electron chi connectivity index (χ0n) is 7.94. The first-order chi connectivity index (χ1) is 7.11. The highest BCUT2D eigenvalue weighted by atomic mass is 16.4. The highest BCUT2D eigenvalue weighted by Crippen LogP contribution is 2.11. The molecule has 5 heteroatoms. The number of carbonyl (C=O) groups is 1. The molecule has 0 amide bonds. The fraction of sp³-hybridized carbons (Fsp3) is 0.100. The maximum atomic E-state index is 11.7. The van der Waals surface area contributed by atoms with E-state index in [9.17, 15) is 9.59 Å². The van der Waals surface area contributed by atoms with Crippen molar-refractivity contribution >= 4 is 16.9 Å². The molecule has 15 heavy (non-hydrogen) atoms. The van der Waals surface area contributed by atoms with Gasteiger partial charge in [-0.3, -0.25) is 9.89 Å². The van der Waals surface area contributed by atoms with Gasteiger partial charge in [0.1, 0.15) is 0 Å². The Labute approximate surface area is 84.4 Å². The Hall–Kier alpha value is -2.17. The smallest absolute Gasteiger partial charge is 0.360 e. The number of fused-ring (bicyclic) bond motifs is 1. The van der Waals surface area contributed by atoms with Crippen molar-refractivity contribution < 1.29 is 9.90 Å². The van der Waals surface area contributed by atoms with E-state index >= 15 is 0 Å². The van der Waals surface area contributed by atoms with Crippen LogP contribution in [0.5, 0.6) is 0 Å². The number of aromatic nitrogens is 2. The van der Waals surface area contributed by atoms with E-state index in [1.54, 1.807) is 12.1 Å². The lowest BCUT2D eigenvalue weighted by atomic mass is 10.1. The summed E-state index contributed by atoms with van der Waals surface area (Å²) in [6.07, 6.45) is 0. The number of aryl methyl sites for hydroxylation is 1. The molecular formula is C10H8N2O3. The van der Waals surface area contributed by atoms with E-state index in [1.807, 2.05) is 13.0 Å². The minimum absolute atomic E-state index is 0.349. The molecule has 0 bridgehead atoms. The predicted molar refractivity (Wildman–Crippen MR) is 54.1 cm³/mol. The fourth-order valence-corrected chi connectivity index (χ4v) is 1.44. The third-order valence-electron chi connectivity index (χ3n) is 2.21. The first-order valence-corrected chi connectivity index (χ1v) is 4.32. The van der Waals surface area contributed by atoms with Gasteiger partial charge in [0.05, 0.1) is 5.52 Å². The lowest BCUT2D eigenvalue weighted by Crippen LogP contribution is -2.18. The molecule has 1 heterocycles. The summed E-state index contributed by atoms with van der Waals surface area (Å²) in [6, 6.07) is 5.11. The first kappa shape index (κ1) is 9.39. The van der Waals surface area contributed by atoms with Crippen molar-refractivity contribution in [3.05, 3.63) is 39.7 Å². The first-order valence-electron chi connectivity index (χ1n) is 4.32. The fourth-order valence-electron chi connectivity index (χ4n) is 1.44. The van der Waals surface area contributed by atoms with E-state index < -0.39 is 17.1 Å². The van der Waals surface area contributed by atoms with E-state index in [4.69, 9.17) is 5.11 Å². The molecule has 1 aromatic carbocycles. The number of carboxylic acids is 1. The topological polar surface area (TPSA) is 83.1 Å². The quantitative estimate of drug-likeness (QED) is 0.723. The van der Waals surface area contributed by atoms with Crippen LogP contribution in [-0.4, -0.2) is 21.3 Å². The van der Waals surface area contributed by atoms with Crippen LogP contribution >= 0.6 is 0 Å². The third kappa shape index (κ3) is 1.38. The molecule has 0 atom stereocenters. The summed E-state index contributed by atoms with van der Waals surface area (Å²) in [5.74, 6) is -1.32. The Morgan fingerprint density at radius 3 is 2.87 bits per heavy atom. The summed E-state index contributed by atoms with van der Waals surface area (Å²) in [7, 11) is 0. The van der Waals surface area contributed by atoms with E-state index in [1.165, 1.54) is 0 Å². The molecule has 0 aliphatic heterocycles. The van der Waals surface area contributed by atoms with Crippen LogP contribution in [0.4, 0.5) is 0 Å². The average molecular weight is 204 g/mol. The SMILES string of the molecule is Cc1cccc2c(=O)c(C(=O)O)n[nH]c12.